The summed E-state index contributed by atoms with van der Waals surface area (Å²) < 4.78 is 37.8. The molecule has 1 N–H and O–H groups in total. The van der Waals surface area contributed by atoms with E-state index in [1.54, 1.807) is 14.1 Å². The molecule has 132 valence electrons. The van der Waals surface area contributed by atoms with E-state index in [2.05, 4.69) is 5.32 Å². The van der Waals surface area contributed by atoms with Gasteiger partial charge in [-0.2, -0.15) is 13.2 Å². The van der Waals surface area contributed by atoms with Crippen molar-refractivity contribution in [2.75, 3.05) is 32.1 Å². The number of anilines is 1. The monoisotopic (exact) mass is 343 g/mol. The molecule has 1 aliphatic rings. The lowest BCUT2D eigenvalue weighted by atomic mass is 10.2. The maximum Gasteiger partial charge on any atom is 0.416 e. The lowest BCUT2D eigenvalue weighted by Gasteiger charge is -2.23. The van der Waals surface area contributed by atoms with Crippen LogP contribution in [0.15, 0.2) is 24.3 Å². The molecule has 0 saturated carbocycles. The highest BCUT2D eigenvalue weighted by atomic mass is 19.4. The fraction of sp³-hybridized carbons (Fsp3) is 0.500. The first kappa shape index (κ1) is 18.3. The molecule has 5 nitrogen and oxygen atoms in total. The Balaban J connectivity index is 2.02. The van der Waals surface area contributed by atoms with Gasteiger partial charge in [0.15, 0.2) is 0 Å². The summed E-state index contributed by atoms with van der Waals surface area (Å²) in [5, 5.41) is 2.52. The van der Waals surface area contributed by atoms with Gasteiger partial charge in [0.1, 0.15) is 0 Å². The zero-order chi connectivity index (χ0) is 17.9. The van der Waals surface area contributed by atoms with Gasteiger partial charge in [0.25, 0.3) is 0 Å². The molecule has 1 saturated heterocycles. The highest BCUT2D eigenvalue weighted by Crippen LogP contribution is 2.31. The van der Waals surface area contributed by atoms with Gasteiger partial charge in [0, 0.05) is 32.2 Å². The molecule has 0 spiro atoms. The number of carbonyl (C=O) groups is 2. The standard InChI is InChI=1S/C16H20F3N3O2/c1-20-14(23)8-9-21(2)13-7-10-22(15(13)24)12-5-3-11(4-6-12)16(17,18)19/h3-6,13H,7-10H2,1-2H3,(H,20,23)/t13-/m0/s1. The molecule has 0 aromatic heterocycles. The quantitative estimate of drug-likeness (QED) is 0.888. The molecule has 2 amide bonds. The summed E-state index contributed by atoms with van der Waals surface area (Å²) >= 11 is 0. The smallest absolute Gasteiger partial charge is 0.359 e. The first-order valence-corrected chi connectivity index (χ1v) is 7.63. The van der Waals surface area contributed by atoms with Crippen molar-refractivity contribution in [1.82, 2.24) is 10.2 Å². The predicted octanol–water partition coefficient (Wildman–Crippen LogP) is 1.88. The van der Waals surface area contributed by atoms with E-state index >= 15 is 0 Å². The molecule has 1 aromatic rings. The summed E-state index contributed by atoms with van der Waals surface area (Å²) in [4.78, 5) is 27.1. The SMILES string of the molecule is CNC(=O)CCN(C)[C@H]1CCN(c2ccc(C(F)(F)F)cc2)C1=O. The summed E-state index contributed by atoms with van der Waals surface area (Å²) in [5.41, 5.74) is -0.285. The Bertz CT molecular complexity index is 602. The predicted molar refractivity (Wildman–Crippen MR) is 83.5 cm³/mol. The Morgan fingerprint density at radius 1 is 1.33 bits per heavy atom. The largest absolute Gasteiger partial charge is 0.416 e. The second-order valence-corrected chi connectivity index (χ2v) is 5.74. The zero-order valence-electron chi connectivity index (χ0n) is 13.6. The van der Waals surface area contributed by atoms with Crippen LogP contribution in [0.25, 0.3) is 0 Å². The average molecular weight is 343 g/mol. The molecule has 0 aliphatic carbocycles. The first-order chi connectivity index (χ1) is 11.2. The molecule has 1 fully saturated rings. The minimum absolute atomic E-state index is 0.105. The average Bonchev–Trinajstić information content (AvgIpc) is 2.93. The van der Waals surface area contributed by atoms with Gasteiger partial charge in [-0.25, -0.2) is 0 Å². The number of nitrogens with zero attached hydrogens (tertiary/aromatic N) is 2. The number of carbonyl (C=O) groups excluding carboxylic acids is 2. The number of rotatable bonds is 5. The van der Waals surface area contributed by atoms with Crippen LogP contribution in [0.5, 0.6) is 0 Å². The maximum absolute atomic E-state index is 12.6. The molecule has 8 heteroatoms. The molecule has 0 unspecified atom stereocenters. The summed E-state index contributed by atoms with van der Waals surface area (Å²) in [6.45, 7) is 0.885. The van der Waals surface area contributed by atoms with E-state index in [-0.39, 0.29) is 24.3 Å². The van der Waals surface area contributed by atoms with Crippen molar-refractivity contribution >= 4 is 17.5 Å². The van der Waals surface area contributed by atoms with Crippen LogP contribution in [0.4, 0.5) is 18.9 Å². The van der Waals surface area contributed by atoms with E-state index in [4.69, 9.17) is 0 Å². The van der Waals surface area contributed by atoms with Crippen LogP contribution in [-0.4, -0.2) is 49.9 Å². The van der Waals surface area contributed by atoms with E-state index in [1.807, 2.05) is 4.90 Å². The van der Waals surface area contributed by atoms with E-state index < -0.39 is 11.7 Å². The van der Waals surface area contributed by atoms with Crippen LogP contribution in [0, 0.1) is 0 Å². The number of hydrogen-bond donors (Lipinski definition) is 1. The second kappa shape index (κ2) is 7.21. The van der Waals surface area contributed by atoms with Crippen molar-refractivity contribution in [3.63, 3.8) is 0 Å². The Morgan fingerprint density at radius 2 is 1.96 bits per heavy atom. The van der Waals surface area contributed by atoms with Crippen LogP contribution in [0.2, 0.25) is 0 Å². The van der Waals surface area contributed by atoms with Crippen molar-refractivity contribution in [3.8, 4) is 0 Å². The van der Waals surface area contributed by atoms with Gasteiger partial charge < -0.3 is 10.2 Å². The maximum atomic E-state index is 12.6. The summed E-state index contributed by atoms with van der Waals surface area (Å²) in [5.74, 6) is -0.263. The topological polar surface area (TPSA) is 52.7 Å². The fourth-order valence-corrected chi connectivity index (χ4v) is 2.72. The van der Waals surface area contributed by atoms with Crippen molar-refractivity contribution in [1.29, 1.82) is 0 Å². The van der Waals surface area contributed by atoms with Gasteiger partial charge in [-0.3, -0.25) is 14.5 Å². The third kappa shape index (κ3) is 4.05. The van der Waals surface area contributed by atoms with Gasteiger partial charge in [-0.1, -0.05) is 0 Å². The van der Waals surface area contributed by atoms with Gasteiger partial charge in [-0.05, 0) is 37.7 Å². The second-order valence-electron chi connectivity index (χ2n) is 5.74. The summed E-state index contributed by atoms with van der Waals surface area (Å²) in [6, 6.07) is 4.22. The third-order valence-electron chi connectivity index (χ3n) is 4.19. The zero-order valence-corrected chi connectivity index (χ0v) is 13.6. The number of nitrogens with one attached hydrogen (secondary N) is 1. The molecule has 1 heterocycles. The molecule has 0 radical (unpaired) electrons. The first-order valence-electron chi connectivity index (χ1n) is 7.63. The van der Waals surface area contributed by atoms with Crippen molar-refractivity contribution in [3.05, 3.63) is 29.8 Å². The van der Waals surface area contributed by atoms with Gasteiger partial charge in [0.2, 0.25) is 11.8 Å². The molecule has 24 heavy (non-hydrogen) atoms. The van der Waals surface area contributed by atoms with Crippen molar-refractivity contribution in [2.45, 2.75) is 25.1 Å². The van der Waals surface area contributed by atoms with Gasteiger partial charge >= 0.3 is 6.18 Å². The van der Waals surface area contributed by atoms with Crippen molar-refractivity contribution in [2.24, 2.45) is 0 Å². The number of likely N-dealkylation sites (N-methyl/N-ethyl adjacent to an activating group) is 1. The van der Waals surface area contributed by atoms with E-state index in [0.717, 1.165) is 12.1 Å². The normalized spacial score (nSPS) is 18.3. The van der Waals surface area contributed by atoms with Crippen molar-refractivity contribution < 1.29 is 22.8 Å². The van der Waals surface area contributed by atoms with E-state index in [0.29, 0.717) is 25.2 Å². The van der Waals surface area contributed by atoms with Crippen LogP contribution >= 0.6 is 0 Å². The lowest BCUT2D eigenvalue weighted by molar-refractivity contribution is -0.137. The van der Waals surface area contributed by atoms with Gasteiger partial charge in [0.05, 0.1) is 11.6 Å². The molecule has 1 aromatic carbocycles. The Hall–Kier alpha value is -2.09. The number of halogens is 3. The number of benzene rings is 1. The summed E-state index contributed by atoms with van der Waals surface area (Å²) in [7, 11) is 3.32. The van der Waals surface area contributed by atoms with E-state index in [1.165, 1.54) is 17.0 Å². The molecule has 2 rings (SSSR count). The molecular formula is C16H20F3N3O2. The Kier molecular flexibility index (Phi) is 5.48. The third-order valence-corrected chi connectivity index (χ3v) is 4.19. The number of amides is 2. The molecule has 0 bridgehead atoms. The lowest BCUT2D eigenvalue weighted by Crippen LogP contribution is -2.41. The van der Waals surface area contributed by atoms with Crippen LogP contribution in [0.1, 0.15) is 18.4 Å². The van der Waals surface area contributed by atoms with Gasteiger partial charge in [-0.15, -0.1) is 0 Å². The Labute approximate surface area is 138 Å². The van der Waals surface area contributed by atoms with Crippen LogP contribution < -0.4 is 10.2 Å². The Morgan fingerprint density at radius 3 is 2.50 bits per heavy atom. The highest BCUT2D eigenvalue weighted by molar-refractivity contribution is 5.99. The molecular weight excluding hydrogens is 323 g/mol. The minimum Gasteiger partial charge on any atom is -0.359 e. The number of hydrogen-bond acceptors (Lipinski definition) is 3. The molecule has 1 aliphatic heterocycles. The highest BCUT2D eigenvalue weighted by Gasteiger charge is 2.36. The molecule has 1 atom stereocenters. The van der Waals surface area contributed by atoms with Crippen LogP contribution in [-0.2, 0) is 15.8 Å². The van der Waals surface area contributed by atoms with E-state index in [9.17, 15) is 22.8 Å². The minimum atomic E-state index is -4.39. The van der Waals surface area contributed by atoms with Crippen LogP contribution in [0.3, 0.4) is 0 Å². The fourth-order valence-electron chi connectivity index (χ4n) is 2.72. The number of alkyl halides is 3. The summed E-state index contributed by atoms with van der Waals surface area (Å²) in [6.07, 6.45) is -3.53.